The summed E-state index contributed by atoms with van der Waals surface area (Å²) >= 11 is 0. The highest BCUT2D eigenvalue weighted by Crippen LogP contribution is 2.45. The van der Waals surface area contributed by atoms with Gasteiger partial charge in [-0.05, 0) is 49.4 Å². The Hall–Kier alpha value is -1.94. The zero-order valence-corrected chi connectivity index (χ0v) is 62.0. The predicted octanol–water partition coefficient (Wildman–Crippen LogP) is 20.9. The number of esters is 4. The maximum atomic E-state index is 13.0. The number of aliphatic hydroxyl groups is 1. The molecule has 92 heavy (non-hydrogen) atoms. The molecule has 0 aliphatic rings. The highest BCUT2D eigenvalue weighted by atomic mass is 31.2. The molecule has 0 radical (unpaired) electrons. The van der Waals surface area contributed by atoms with Gasteiger partial charge in [-0.2, -0.15) is 0 Å². The second kappa shape index (κ2) is 62.6. The van der Waals surface area contributed by atoms with Crippen LogP contribution >= 0.6 is 15.6 Å². The van der Waals surface area contributed by atoms with Crippen LogP contribution in [0.3, 0.4) is 0 Å². The van der Waals surface area contributed by atoms with Gasteiger partial charge in [-0.1, -0.05) is 312 Å². The number of phosphoric ester groups is 2. The lowest BCUT2D eigenvalue weighted by molar-refractivity contribution is -0.161. The van der Waals surface area contributed by atoms with Gasteiger partial charge in [0.15, 0.2) is 12.2 Å². The van der Waals surface area contributed by atoms with E-state index in [9.17, 15) is 43.2 Å². The predicted molar refractivity (Wildman–Crippen MR) is 372 cm³/mol. The standard InChI is InChI=1S/C73H142O17P2/c1-9-66(8)52-44-36-28-21-23-29-37-45-53-70(75)83-59-68(90-73(78)56-48-40-31-22-20-26-34-42-50-64(4)5)61-87-91(79,80)85-57-67(74)58-86-92(81,82)88-62-69(60-84-71(76)54-46-38-32-24-27-35-43-51-65(6)7)89-72(77)55-47-39-30-19-17-15-13-11-10-12-14-16-18-25-33-41-49-63(2)3/h63-69,74H,9-62H2,1-8H3,(H,79,80)(H,81,82)/t66?,67?,68-,69-/m1/s1. The van der Waals surface area contributed by atoms with E-state index in [4.69, 9.17) is 37.0 Å². The van der Waals surface area contributed by atoms with Crippen molar-refractivity contribution in [3.05, 3.63) is 0 Å². The SMILES string of the molecule is CCC(C)CCCCCCCCCCC(=O)OC[C@H](COP(=O)(O)OCC(O)COP(=O)(O)OC[C@@H](COC(=O)CCCCCCCCCC(C)C)OC(=O)CCCCCCCCCCCCCCCCCCC(C)C)OC(=O)CCCCCCCCCCC(C)C. The van der Waals surface area contributed by atoms with Gasteiger partial charge in [0, 0.05) is 25.7 Å². The Kier molecular flexibility index (Phi) is 61.3. The summed E-state index contributed by atoms with van der Waals surface area (Å²) in [5, 5.41) is 10.6. The van der Waals surface area contributed by atoms with E-state index < -0.39 is 97.5 Å². The third-order valence-electron chi connectivity index (χ3n) is 17.2. The number of ether oxygens (including phenoxy) is 4. The molecule has 0 aromatic rings. The number of phosphoric acid groups is 2. The summed E-state index contributed by atoms with van der Waals surface area (Å²) in [4.78, 5) is 72.6. The summed E-state index contributed by atoms with van der Waals surface area (Å²) in [5.74, 6) is 0.882. The van der Waals surface area contributed by atoms with E-state index in [0.717, 1.165) is 114 Å². The minimum Gasteiger partial charge on any atom is -0.462 e. The molecule has 19 heteroatoms. The summed E-state index contributed by atoms with van der Waals surface area (Å²) in [5.41, 5.74) is 0. The third-order valence-corrected chi connectivity index (χ3v) is 19.1. The number of carbonyl (C=O) groups is 4. The monoisotopic (exact) mass is 1350 g/mol. The molecule has 17 nitrogen and oxygen atoms in total. The molecular formula is C73H142O17P2. The van der Waals surface area contributed by atoms with Crippen LogP contribution in [0.2, 0.25) is 0 Å². The fourth-order valence-corrected chi connectivity index (χ4v) is 12.6. The molecule has 0 heterocycles. The Balaban J connectivity index is 5.21. The van der Waals surface area contributed by atoms with E-state index in [0.29, 0.717) is 31.6 Å². The number of aliphatic hydroxyl groups excluding tert-OH is 1. The van der Waals surface area contributed by atoms with Crippen molar-refractivity contribution in [2.75, 3.05) is 39.6 Å². The van der Waals surface area contributed by atoms with E-state index in [-0.39, 0.29) is 25.7 Å². The Morgan fingerprint density at radius 2 is 0.522 bits per heavy atom. The normalized spacial score (nSPS) is 14.5. The lowest BCUT2D eigenvalue weighted by atomic mass is 9.99. The largest absolute Gasteiger partial charge is 0.472 e. The summed E-state index contributed by atoms with van der Waals surface area (Å²) in [6, 6.07) is 0. The van der Waals surface area contributed by atoms with Crippen LogP contribution in [-0.2, 0) is 65.4 Å². The van der Waals surface area contributed by atoms with E-state index >= 15 is 0 Å². The van der Waals surface area contributed by atoms with Gasteiger partial charge >= 0.3 is 39.5 Å². The molecule has 6 atom stereocenters. The molecule has 3 N–H and O–H groups in total. The molecule has 0 rings (SSSR count). The highest BCUT2D eigenvalue weighted by Gasteiger charge is 2.30. The second-order valence-corrected chi connectivity index (χ2v) is 30.9. The molecule has 0 aromatic heterocycles. The summed E-state index contributed by atoms with van der Waals surface area (Å²) in [7, 11) is -9.91. The Morgan fingerprint density at radius 3 is 0.772 bits per heavy atom. The summed E-state index contributed by atoms with van der Waals surface area (Å²) in [6.45, 7) is 14.1. The van der Waals surface area contributed by atoms with Crippen molar-refractivity contribution < 1.29 is 80.2 Å². The average molecular weight is 1350 g/mol. The minimum atomic E-state index is -4.95. The molecule has 546 valence electrons. The Labute approximate surface area is 562 Å². The van der Waals surface area contributed by atoms with Gasteiger partial charge < -0.3 is 33.8 Å². The fraction of sp³-hybridized carbons (Fsp3) is 0.945. The molecule has 4 unspecified atom stereocenters. The van der Waals surface area contributed by atoms with Crippen LogP contribution in [0, 0.1) is 23.7 Å². The second-order valence-electron chi connectivity index (χ2n) is 28.0. The van der Waals surface area contributed by atoms with Gasteiger partial charge in [0.05, 0.1) is 26.4 Å². The highest BCUT2D eigenvalue weighted by molar-refractivity contribution is 7.47. The van der Waals surface area contributed by atoms with Gasteiger partial charge in [-0.25, -0.2) is 9.13 Å². The molecule has 0 aliphatic carbocycles. The van der Waals surface area contributed by atoms with Crippen molar-refractivity contribution in [3.63, 3.8) is 0 Å². The van der Waals surface area contributed by atoms with Gasteiger partial charge in [0.1, 0.15) is 19.3 Å². The third kappa shape index (κ3) is 65.4. The van der Waals surface area contributed by atoms with Gasteiger partial charge in [0.2, 0.25) is 0 Å². The van der Waals surface area contributed by atoms with Crippen molar-refractivity contribution in [3.8, 4) is 0 Å². The fourth-order valence-electron chi connectivity index (χ4n) is 11.0. The van der Waals surface area contributed by atoms with Crippen LogP contribution < -0.4 is 0 Å². The Bertz CT molecular complexity index is 1820. The minimum absolute atomic E-state index is 0.104. The first-order valence-electron chi connectivity index (χ1n) is 37.7. The first-order valence-corrected chi connectivity index (χ1v) is 40.7. The van der Waals surface area contributed by atoms with Crippen molar-refractivity contribution >= 4 is 39.5 Å². The number of carbonyl (C=O) groups excluding carboxylic acids is 4. The van der Waals surface area contributed by atoms with E-state index in [2.05, 4.69) is 55.4 Å². The zero-order chi connectivity index (χ0) is 68.2. The quantitative estimate of drug-likeness (QED) is 0.0222. The van der Waals surface area contributed by atoms with Gasteiger partial charge in [-0.3, -0.25) is 37.3 Å². The summed E-state index contributed by atoms with van der Waals surface area (Å²) < 4.78 is 68.4. The van der Waals surface area contributed by atoms with Crippen LogP contribution in [0.5, 0.6) is 0 Å². The van der Waals surface area contributed by atoms with Crippen molar-refractivity contribution in [1.29, 1.82) is 0 Å². The zero-order valence-electron chi connectivity index (χ0n) is 60.2. The number of rotatable bonds is 70. The van der Waals surface area contributed by atoms with Crippen LogP contribution in [0.1, 0.15) is 364 Å². The lowest BCUT2D eigenvalue weighted by Gasteiger charge is -2.21. The average Bonchev–Trinajstić information content (AvgIpc) is 2.18. The molecule has 0 saturated carbocycles. The van der Waals surface area contributed by atoms with Crippen LogP contribution in [-0.4, -0.2) is 96.7 Å². The van der Waals surface area contributed by atoms with Crippen molar-refractivity contribution in [2.24, 2.45) is 23.7 Å². The number of hydrogen-bond donors (Lipinski definition) is 3. The van der Waals surface area contributed by atoms with Crippen molar-refractivity contribution in [1.82, 2.24) is 0 Å². The number of hydrogen-bond acceptors (Lipinski definition) is 15. The van der Waals surface area contributed by atoms with Crippen LogP contribution in [0.25, 0.3) is 0 Å². The maximum absolute atomic E-state index is 13.0. The van der Waals surface area contributed by atoms with Crippen LogP contribution in [0.4, 0.5) is 0 Å². The van der Waals surface area contributed by atoms with Crippen LogP contribution in [0.15, 0.2) is 0 Å². The Morgan fingerprint density at radius 1 is 0.304 bits per heavy atom. The first-order chi connectivity index (χ1) is 44.1. The van der Waals surface area contributed by atoms with Gasteiger partial charge in [-0.15, -0.1) is 0 Å². The number of unbranched alkanes of at least 4 members (excludes halogenated alkanes) is 35. The lowest BCUT2D eigenvalue weighted by Crippen LogP contribution is -2.30. The molecule has 0 fully saturated rings. The van der Waals surface area contributed by atoms with Gasteiger partial charge in [0.25, 0.3) is 0 Å². The maximum Gasteiger partial charge on any atom is 0.472 e. The van der Waals surface area contributed by atoms with Crippen molar-refractivity contribution in [2.45, 2.75) is 382 Å². The summed E-state index contributed by atoms with van der Waals surface area (Å²) in [6.07, 6.45) is 45.9. The molecule has 0 aliphatic heterocycles. The van der Waals surface area contributed by atoms with E-state index in [1.165, 1.54) is 161 Å². The molecule has 0 saturated heterocycles. The van der Waals surface area contributed by atoms with E-state index in [1.807, 2.05) is 0 Å². The smallest absolute Gasteiger partial charge is 0.462 e. The molecular weight excluding hydrogens is 1210 g/mol. The topological polar surface area (TPSA) is 237 Å². The van der Waals surface area contributed by atoms with E-state index in [1.54, 1.807) is 0 Å². The molecule has 0 bridgehead atoms. The molecule has 0 amide bonds. The molecule has 0 aromatic carbocycles. The molecule has 0 spiro atoms. The first kappa shape index (κ1) is 90.1.